The number of hydrogen-bond acceptors (Lipinski definition) is 1. The zero-order valence-electron chi connectivity index (χ0n) is 11.2. The van der Waals surface area contributed by atoms with Gasteiger partial charge in [-0.2, -0.15) is 0 Å². The number of halogens is 2. The molecule has 0 spiro atoms. The molecule has 0 heterocycles. The molecule has 0 saturated heterocycles. The van der Waals surface area contributed by atoms with Crippen LogP contribution in [0, 0.1) is 0 Å². The van der Waals surface area contributed by atoms with E-state index in [-0.39, 0.29) is 11.0 Å². The molecule has 0 saturated carbocycles. The van der Waals surface area contributed by atoms with E-state index < -0.39 is 0 Å². The van der Waals surface area contributed by atoms with E-state index >= 15 is 0 Å². The van der Waals surface area contributed by atoms with Crippen LogP contribution < -0.4 is 5.32 Å². The highest BCUT2D eigenvalue weighted by Crippen LogP contribution is 2.35. The molecule has 0 aromatic heterocycles. The molecule has 0 amide bonds. The van der Waals surface area contributed by atoms with E-state index in [9.17, 15) is 0 Å². The summed E-state index contributed by atoms with van der Waals surface area (Å²) in [6.07, 6.45) is 0. The average Bonchev–Trinajstić information content (AvgIpc) is 2.13. The summed E-state index contributed by atoms with van der Waals surface area (Å²) in [4.78, 5) is 0. The Morgan fingerprint density at radius 3 is 1.88 bits per heavy atom. The average molecular weight is 274 g/mol. The van der Waals surface area contributed by atoms with Crippen molar-refractivity contribution < 1.29 is 0 Å². The predicted octanol–water partition coefficient (Wildman–Crippen LogP) is 4.66. The summed E-state index contributed by atoms with van der Waals surface area (Å²) in [5.74, 6) is 0. The van der Waals surface area contributed by atoms with Gasteiger partial charge in [-0.3, -0.25) is 0 Å². The fourth-order valence-corrected chi connectivity index (χ4v) is 2.63. The topological polar surface area (TPSA) is 12.0 Å². The Bertz CT molecular complexity index is 371. The van der Waals surface area contributed by atoms with Crippen LogP contribution in [0.4, 0.5) is 0 Å². The summed E-state index contributed by atoms with van der Waals surface area (Å²) in [5, 5.41) is 4.97. The van der Waals surface area contributed by atoms with Gasteiger partial charge in [0.15, 0.2) is 0 Å². The van der Waals surface area contributed by atoms with Crippen molar-refractivity contribution in [2.24, 2.45) is 0 Å². The molecule has 1 aromatic rings. The van der Waals surface area contributed by atoms with Gasteiger partial charge in [0, 0.05) is 27.5 Å². The second-order valence-corrected chi connectivity index (χ2v) is 6.90. The lowest BCUT2D eigenvalue weighted by Gasteiger charge is -2.32. The summed E-state index contributed by atoms with van der Waals surface area (Å²) in [6, 6.07) is 5.66. The maximum atomic E-state index is 6.25. The first-order chi connectivity index (χ1) is 7.63. The minimum atomic E-state index is -0.0945. The van der Waals surface area contributed by atoms with Gasteiger partial charge in [0.2, 0.25) is 0 Å². The molecular weight excluding hydrogens is 253 g/mol. The van der Waals surface area contributed by atoms with Gasteiger partial charge >= 0.3 is 0 Å². The number of benzene rings is 1. The second-order valence-electron chi connectivity index (χ2n) is 6.08. The van der Waals surface area contributed by atoms with Gasteiger partial charge in [0.1, 0.15) is 0 Å². The van der Waals surface area contributed by atoms with Crippen LogP contribution >= 0.6 is 23.2 Å². The van der Waals surface area contributed by atoms with Crippen molar-refractivity contribution in [2.45, 2.75) is 45.6 Å². The molecule has 1 N–H and O–H groups in total. The summed E-state index contributed by atoms with van der Waals surface area (Å²) >= 11 is 12.5. The minimum absolute atomic E-state index is 0.0883. The third-order valence-electron chi connectivity index (χ3n) is 2.70. The normalized spacial score (nSPS) is 12.9. The van der Waals surface area contributed by atoms with Gasteiger partial charge in [-0.1, -0.05) is 43.1 Å². The molecule has 0 aliphatic heterocycles. The van der Waals surface area contributed by atoms with Crippen LogP contribution in [-0.2, 0) is 5.41 Å². The summed E-state index contributed by atoms with van der Waals surface area (Å²) in [5.41, 5.74) is 1.01. The monoisotopic (exact) mass is 273 g/mol. The van der Waals surface area contributed by atoms with Crippen molar-refractivity contribution in [3.63, 3.8) is 0 Å². The number of hydrogen-bond donors (Lipinski definition) is 1. The van der Waals surface area contributed by atoms with E-state index in [1.165, 1.54) is 0 Å². The number of rotatable bonds is 3. The van der Waals surface area contributed by atoms with E-state index in [0.717, 1.165) is 22.2 Å². The minimum Gasteiger partial charge on any atom is -0.311 e. The van der Waals surface area contributed by atoms with E-state index in [1.54, 1.807) is 0 Å². The molecule has 17 heavy (non-hydrogen) atoms. The van der Waals surface area contributed by atoms with Gasteiger partial charge in [-0.25, -0.2) is 0 Å². The van der Waals surface area contributed by atoms with Gasteiger partial charge in [-0.15, -0.1) is 0 Å². The lowest BCUT2D eigenvalue weighted by molar-refractivity contribution is 0.363. The Labute approximate surface area is 115 Å². The largest absolute Gasteiger partial charge is 0.311 e. The van der Waals surface area contributed by atoms with Gasteiger partial charge in [0.25, 0.3) is 0 Å². The maximum Gasteiger partial charge on any atom is 0.0458 e. The zero-order valence-corrected chi connectivity index (χ0v) is 12.7. The van der Waals surface area contributed by atoms with Crippen molar-refractivity contribution in [2.75, 3.05) is 6.54 Å². The molecule has 0 unspecified atom stereocenters. The van der Waals surface area contributed by atoms with Crippen molar-refractivity contribution in [1.29, 1.82) is 0 Å². The molecule has 96 valence electrons. The van der Waals surface area contributed by atoms with Crippen LogP contribution in [0.25, 0.3) is 0 Å². The highest BCUT2D eigenvalue weighted by Gasteiger charge is 2.27. The van der Waals surface area contributed by atoms with Gasteiger partial charge in [-0.05, 0) is 38.5 Å². The van der Waals surface area contributed by atoms with Crippen molar-refractivity contribution in [3.8, 4) is 0 Å². The van der Waals surface area contributed by atoms with Crippen LogP contribution in [0.1, 0.15) is 40.2 Å². The Hall–Kier alpha value is -0.240. The molecule has 1 rings (SSSR count). The van der Waals surface area contributed by atoms with Crippen LogP contribution in [-0.4, -0.2) is 12.1 Å². The SMILES string of the molecule is CC(C)(C)NCC(C)(C)c1c(Cl)cccc1Cl. The summed E-state index contributed by atoms with van der Waals surface area (Å²) in [7, 11) is 0. The first kappa shape index (κ1) is 14.8. The van der Waals surface area contributed by atoms with Gasteiger partial charge < -0.3 is 5.32 Å². The summed E-state index contributed by atoms with van der Waals surface area (Å²) < 4.78 is 0. The van der Waals surface area contributed by atoms with E-state index in [0.29, 0.717) is 0 Å². The molecule has 0 aliphatic carbocycles. The summed E-state index contributed by atoms with van der Waals surface area (Å²) in [6.45, 7) is 11.6. The molecule has 0 aliphatic rings. The van der Waals surface area contributed by atoms with Crippen LogP contribution in [0.2, 0.25) is 10.0 Å². The van der Waals surface area contributed by atoms with E-state index in [1.807, 2.05) is 18.2 Å². The fraction of sp³-hybridized carbons (Fsp3) is 0.571. The van der Waals surface area contributed by atoms with Crippen LogP contribution in [0.3, 0.4) is 0 Å². The standard InChI is InChI=1S/C14H21Cl2N/c1-13(2,3)17-9-14(4,5)12-10(15)7-6-8-11(12)16/h6-8,17H,9H2,1-5H3. The van der Waals surface area contributed by atoms with Crippen molar-refractivity contribution in [3.05, 3.63) is 33.8 Å². The first-order valence-corrected chi connectivity index (χ1v) is 6.59. The number of nitrogens with one attached hydrogen (secondary N) is 1. The second kappa shape index (κ2) is 5.17. The predicted molar refractivity (Wildman–Crippen MR) is 77.2 cm³/mol. The van der Waals surface area contributed by atoms with Crippen LogP contribution in [0.15, 0.2) is 18.2 Å². The third-order valence-corrected chi connectivity index (χ3v) is 3.33. The Morgan fingerprint density at radius 1 is 1.00 bits per heavy atom. The Balaban J connectivity index is 2.97. The van der Waals surface area contributed by atoms with Crippen molar-refractivity contribution in [1.82, 2.24) is 5.32 Å². The smallest absolute Gasteiger partial charge is 0.0458 e. The lowest BCUT2D eigenvalue weighted by atomic mass is 9.83. The molecule has 0 atom stereocenters. The van der Waals surface area contributed by atoms with E-state index in [4.69, 9.17) is 23.2 Å². The Morgan fingerprint density at radius 2 is 1.47 bits per heavy atom. The third kappa shape index (κ3) is 4.17. The molecule has 0 fully saturated rings. The molecule has 1 aromatic carbocycles. The van der Waals surface area contributed by atoms with E-state index in [2.05, 4.69) is 39.9 Å². The molecular formula is C14H21Cl2N. The highest BCUT2D eigenvalue weighted by molar-refractivity contribution is 6.36. The zero-order chi connectivity index (χ0) is 13.3. The molecule has 1 nitrogen and oxygen atoms in total. The maximum absolute atomic E-state index is 6.25. The Kier molecular flexibility index (Phi) is 4.51. The fourth-order valence-electron chi connectivity index (χ4n) is 1.72. The van der Waals surface area contributed by atoms with Crippen LogP contribution in [0.5, 0.6) is 0 Å². The first-order valence-electron chi connectivity index (χ1n) is 5.83. The quantitative estimate of drug-likeness (QED) is 0.845. The molecule has 3 heteroatoms. The molecule has 0 radical (unpaired) electrons. The lowest BCUT2D eigenvalue weighted by Crippen LogP contribution is -2.43. The highest BCUT2D eigenvalue weighted by atomic mass is 35.5. The molecule has 0 bridgehead atoms. The van der Waals surface area contributed by atoms with Crippen molar-refractivity contribution >= 4 is 23.2 Å². The van der Waals surface area contributed by atoms with Gasteiger partial charge in [0.05, 0.1) is 0 Å².